The summed E-state index contributed by atoms with van der Waals surface area (Å²) in [6.07, 6.45) is 1.72. The molecular formula is C11H14N4O. The van der Waals surface area contributed by atoms with Crippen molar-refractivity contribution in [3.8, 4) is 11.1 Å². The van der Waals surface area contributed by atoms with Gasteiger partial charge in [-0.25, -0.2) is 4.98 Å². The van der Waals surface area contributed by atoms with Gasteiger partial charge in [0.05, 0.1) is 11.4 Å². The summed E-state index contributed by atoms with van der Waals surface area (Å²) in [5.41, 5.74) is 9.30. The molecule has 0 fully saturated rings. The van der Waals surface area contributed by atoms with E-state index in [0.717, 1.165) is 28.3 Å². The van der Waals surface area contributed by atoms with Gasteiger partial charge in [-0.15, -0.1) is 0 Å². The first-order chi connectivity index (χ1) is 7.63. The zero-order valence-corrected chi connectivity index (χ0v) is 9.53. The first-order valence-electron chi connectivity index (χ1n) is 5.00. The molecule has 0 aliphatic rings. The zero-order valence-electron chi connectivity index (χ0n) is 9.53. The minimum atomic E-state index is 0.484. The van der Waals surface area contributed by atoms with E-state index < -0.39 is 0 Å². The van der Waals surface area contributed by atoms with Crippen molar-refractivity contribution in [2.24, 2.45) is 0 Å². The number of hydrogen-bond acceptors (Lipinski definition) is 5. The highest BCUT2D eigenvalue weighted by Gasteiger charge is 2.12. The van der Waals surface area contributed by atoms with Crippen LogP contribution in [0.2, 0.25) is 0 Å². The number of nitrogens with two attached hydrogens (primary N) is 1. The number of aryl methyl sites for hydroxylation is 2. The van der Waals surface area contributed by atoms with Gasteiger partial charge < -0.3 is 15.6 Å². The second-order valence-corrected chi connectivity index (χ2v) is 3.61. The van der Waals surface area contributed by atoms with Gasteiger partial charge in [-0.05, 0) is 19.9 Å². The molecule has 84 valence electrons. The molecule has 16 heavy (non-hydrogen) atoms. The van der Waals surface area contributed by atoms with E-state index in [1.165, 1.54) is 0 Å². The maximum absolute atomic E-state index is 5.72. The molecule has 0 spiro atoms. The van der Waals surface area contributed by atoms with Gasteiger partial charge in [0.2, 0.25) is 0 Å². The molecule has 2 rings (SSSR count). The number of nitrogens with one attached hydrogen (secondary N) is 1. The van der Waals surface area contributed by atoms with Crippen LogP contribution in [0.5, 0.6) is 0 Å². The molecule has 0 bridgehead atoms. The van der Waals surface area contributed by atoms with Gasteiger partial charge in [-0.1, -0.05) is 5.16 Å². The van der Waals surface area contributed by atoms with Gasteiger partial charge in [-0.3, -0.25) is 0 Å². The Morgan fingerprint density at radius 3 is 2.69 bits per heavy atom. The average Bonchev–Trinajstić information content (AvgIpc) is 2.60. The van der Waals surface area contributed by atoms with E-state index in [2.05, 4.69) is 15.5 Å². The quantitative estimate of drug-likeness (QED) is 0.805. The molecule has 0 saturated heterocycles. The van der Waals surface area contributed by atoms with E-state index in [9.17, 15) is 0 Å². The largest absolute Gasteiger partial charge is 0.385 e. The lowest BCUT2D eigenvalue weighted by Crippen LogP contribution is -1.99. The number of pyridine rings is 1. The van der Waals surface area contributed by atoms with Gasteiger partial charge in [0.15, 0.2) is 0 Å². The summed E-state index contributed by atoms with van der Waals surface area (Å²) in [4.78, 5) is 4.13. The lowest BCUT2D eigenvalue weighted by atomic mass is 10.1. The lowest BCUT2D eigenvalue weighted by molar-refractivity contribution is 0.393. The third-order valence-corrected chi connectivity index (χ3v) is 2.51. The van der Waals surface area contributed by atoms with Crippen LogP contribution in [0.15, 0.2) is 16.8 Å². The number of nitrogens with zero attached hydrogens (tertiary/aromatic N) is 2. The summed E-state index contributed by atoms with van der Waals surface area (Å²) in [6.45, 7) is 3.78. The SMILES string of the molecule is CNc1cc(-c2c(C)noc2C)cnc1N. The summed E-state index contributed by atoms with van der Waals surface area (Å²) < 4.78 is 5.12. The van der Waals surface area contributed by atoms with Gasteiger partial charge in [0.1, 0.15) is 11.6 Å². The Kier molecular flexibility index (Phi) is 2.52. The van der Waals surface area contributed by atoms with Crippen molar-refractivity contribution in [1.82, 2.24) is 10.1 Å². The fourth-order valence-electron chi connectivity index (χ4n) is 1.71. The second kappa shape index (κ2) is 3.84. The highest BCUT2D eigenvalue weighted by molar-refractivity contribution is 5.74. The third kappa shape index (κ3) is 1.60. The molecule has 3 N–H and O–H groups in total. The molecule has 0 saturated carbocycles. The van der Waals surface area contributed by atoms with Crippen LogP contribution < -0.4 is 11.1 Å². The number of nitrogen functional groups attached to an aromatic ring is 1. The topological polar surface area (TPSA) is 77.0 Å². The molecule has 0 amide bonds. The maximum atomic E-state index is 5.72. The van der Waals surface area contributed by atoms with Gasteiger partial charge in [0.25, 0.3) is 0 Å². The van der Waals surface area contributed by atoms with Crippen LogP contribution in [0.1, 0.15) is 11.5 Å². The normalized spacial score (nSPS) is 10.4. The Hall–Kier alpha value is -2.04. The Labute approximate surface area is 93.7 Å². The average molecular weight is 218 g/mol. The van der Waals surface area contributed by atoms with Crippen molar-refractivity contribution < 1.29 is 4.52 Å². The number of aromatic nitrogens is 2. The molecule has 5 nitrogen and oxygen atoms in total. The van der Waals surface area contributed by atoms with Crippen molar-refractivity contribution in [1.29, 1.82) is 0 Å². The summed E-state index contributed by atoms with van der Waals surface area (Å²) in [7, 11) is 1.81. The molecule has 5 heteroatoms. The predicted molar refractivity (Wildman–Crippen MR) is 63.2 cm³/mol. The smallest absolute Gasteiger partial charge is 0.146 e. The summed E-state index contributed by atoms with van der Waals surface area (Å²) in [5, 5.41) is 6.91. The van der Waals surface area contributed by atoms with Crippen molar-refractivity contribution >= 4 is 11.5 Å². The Balaban J connectivity index is 2.57. The van der Waals surface area contributed by atoms with Crippen LogP contribution in [0.3, 0.4) is 0 Å². The fraction of sp³-hybridized carbons (Fsp3) is 0.273. The number of hydrogen-bond donors (Lipinski definition) is 2. The van der Waals surface area contributed by atoms with Crippen molar-refractivity contribution in [3.63, 3.8) is 0 Å². The maximum Gasteiger partial charge on any atom is 0.146 e. The molecule has 2 aromatic rings. The standard InChI is InChI=1S/C11H14N4O/c1-6-10(7(2)16-15-6)8-4-9(13-3)11(12)14-5-8/h4-5,13H,1-3H3,(H2,12,14). The molecule has 0 aromatic carbocycles. The third-order valence-electron chi connectivity index (χ3n) is 2.51. The molecule has 0 aliphatic carbocycles. The summed E-state index contributed by atoms with van der Waals surface area (Å²) >= 11 is 0. The van der Waals surface area contributed by atoms with Crippen LogP contribution in [0.25, 0.3) is 11.1 Å². The van der Waals surface area contributed by atoms with Gasteiger partial charge >= 0.3 is 0 Å². The lowest BCUT2D eigenvalue weighted by Gasteiger charge is -2.06. The molecule has 0 radical (unpaired) electrons. The monoisotopic (exact) mass is 218 g/mol. The fourth-order valence-corrected chi connectivity index (χ4v) is 1.71. The molecule has 2 aromatic heterocycles. The van der Waals surface area contributed by atoms with E-state index >= 15 is 0 Å². The predicted octanol–water partition coefficient (Wildman–Crippen LogP) is 1.98. The van der Waals surface area contributed by atoms with Crippen LogP contribution in [0, 0.1) is 13.8 Å². The molecular weight excluding hydrogens is 204 g/mol. The van der Waals surface area contributed by atoms with Gasteiger partial charge in [0, 0.05) is 24.4 Å². The molecule has 0 atom stereocenters. The highest BCUT2D eigenvalue weighted by Crippen LogP contribution is 2.29. The van der Waals surface area contributed by atoms with Crippen molar-refractivity contribution in [2.75, 3.05) is 18.1 Å². The van der Waals surface area contributed by atoms with E-state index in [1.807, 2.05) is 27.0 Å². The molecule has 0 unspecified atom stereocenters. The minimum absolute atomic E-state index is 0.484. The summed E-state index contributed by atoms with van der Waals surface area (Å²) in [6, 6.07) is 1.94. The van der Waals surface area contributed by atoms with E-state index in [4.69, 9.17) is 10.3 Å². The first-order valence-corrected chi connectivity index (χ1v) is 5.00. The summed E-state index contributed by atoms with van der Waals surface area (Å²) in [5.74, 6) is 1.27. The number of anilines is 2. The van der Waals surface area contributed by atoms with Crippen LogP contribution in [0.4, 0.5) is 11.5 Å². The second-order valence-electron chi connectivity index (χ2n) is 3.61. The van der Waals surface area contributed by atoms with E-state index in [-0.39, 0.29) is 0 Å². The Morgan fingerprint density at radius 2 is 2.12 bits per heavy atom. The first kappa shape index (κ1) is 10.5. The van der Waals surface area contributed by atoms with Crippen molar-refractivity contribution in [3.05, 3.63) is 23.7 Å². The Bertz CT molecular complexity index is 499. The highest BCUT2D eigenvalue weighted by atomic mass is 16.5. The number of rotatable bonds is 2. The van der Waals surface area contributed by atoms with Crippen LogP contribution in [-0.2, 0) is 0 Å². The minimum Gasteiger partial charge on any atom is -0.385 e. The van der Waals surface area contributed by atoms with E-state index in [1.54, 1.807) is 6.20 Å². The molecule has 2 heterocycles. The van der Waals surface area contributed by atoms with Crippen molar-refractivity contribution in [2.45, 2.75) is 13.8 Å². The van der Waals surface area contributed by atoms with Crippen LogP contribution >= 0.6 is 0 Å². The zero-order chi connectivity index (χ0) is 11.7. The molecule has 0 aliphatic heterocycles. The van der Waals surface area contributed by atoms with E-state index in [0.29, 0.717) is 5.82 Å². The van der Waals surface area contributed by atoms with Gasteiger partial charge in [-0.2, -0.15) is 0 Å². The Morgan fingerprint density at radius 1 is 1.38 bits per heavy atom. The van der Waals surface area contributed by atoms with Crippen LogP contribution in [-0.4, -0.2) is 17.2 Å².